The molecule has 2 nitrogen and oxygen atoms in total. The predicted molar refractivity (Wildman–Crippen MR) is 60.5 cm³/mol. The lowest BCUT2D eigenvalue weighted by Gasteiger charge is -2.55. The second-order valence-corrected chi connectivity index (χ2v) is 6.33. The summed E-state index contributed by atoms with van der Waals surface area (Å²) in [6.45, 7) is 13.6. The molecule has 0 saturated heterocycles. The molecule has 0 bridgehead atoms. The molecule has 86 valence electrons. The summed E-state index contributed by atoms with van der Waals surface area (Å²) in [7, 11) is 0. The van der Waals surface area contributed by atoms with Gasteiger partial charge in [0, 0.05) is 10.8 Å². The summed E-state index contributed by atoms with van der Waals surface area (Å²) in [5.74, 6) is -0.295. The molecule has 2 heteroatoms. The molecule has 0 unspecified atom stereocenters. The van der Waals surface area contributed by atoms with Crippen LogP contribution >= 0.6 is 0 Å². The maximum Gasteiger partial charge on any atom is 0.149 e. The molecule has 1 fully saturated rings. The molecular weight excluding hydrogens is 188 g/mol. The van der Waals surface area contributed by atoms with Crippen LogP contribution in [-0.2, 0) is 9.59 Å². The number of carbonyl (C=O) groups excluding carboxylic acids is 2. The maximum absolute atomic E-state index is 12.1. The molecule has 0 radical (unpaired) electrons. The molecule has 0 aromatic carbocycles. The molecule has 1 saturated carbocycles. The van der Waals surface area contributed by atoms with Crippen molar-refractivity contribution in [2.24, 2.45) is 22.2 Å². The van der Waals surface area contributed by atoms with E-state index in [9.17, 15) is 9.59 Å². The van der Waals surface area contributed by atoms with E-state index >= 15 is 0 Å². The minimum absolute atomic E-state index is 0.0804. The molecule has 0 heterocycles. The summed E-state index contributed by atoms with van der Waals surface area (Å²) in [5.41, 5.74) is -1.19. The van der Waals surface area contributed by atoms with Gasteiger partial charge < -0.3 is 0 Å². The van der Waals surface area contributed by atoms with Crippen LogP contribution in [0.3, 0.4) is 0 Å². The van der Waals surface area contributed by atoms with Crippen molar-refractivity contribution < 1.29 is 9.59 Å². The lowest BCUT2D eigenvalue weighted by Crippen LogP contribution is -2.60. The molecule has 1 rings (SSSR count). The number of hydrogen-bond donors (Lipinski definition) is 0. The SMILES string of the molecule is CC1C(=O)C(C)(C)C(C)(C)C(C)(C)C1=O. The number of Topliss-reactive ketones (excluding diaryl/α,β-unsaturated/α-hetero) is 2. The summed E-state index contributed by atoms with van der Waals surface area (Å²) >= 11 is 0. The number of carbonyl (C=O) groups is 2. The van der Waals surface area contributed by atoms with Gasteiger partial charge in [0.2, 0.25) is 0 Å². The van der Waals surface area contributed by atoms with Crippen molar-refractivity contribution in [3.05, 3.63) is 0 Å². The van der Waals surface area contributed by atoms with Gasteiger partial charge >= 0.3 is 0 Å². The fourth-order valence-corrected chi connectivity index (χ4v) is 2.60. The van der Waals surface area contributed by atoms with Gasteiger partial charge in [-0.15, -0.1) is 0 Å². The van der Waals surface area contributed by atoms with E-state index in [1.165, 1.54) is 0 Å². The topological polar surface area (TPSA) is 34.1 Å². The number of ketones is 2. The molecule has 0 aromatic heterocycles. The standard InChI is InChI=1S/C13H22O2/c1-8-9(14)11(2,3)13(6,7)12(4,5)10(8)15/h8H,1-7H3. The fourth-order valence-electron chi connectivity index (χ4n) is 2.60. The summed E-state index contributed by atoms with van der Waals surface area (Å²) < 4.78 is 0. The Morgan fingerprint density at radius 3 is 1.33 bits per heavy atom. The predicted octanol–water partition coefficient (Wildman–Crippen LogP) is 2.85. The summed E-state index contributed by atoms with van der Waals surface area (Å²) in [5, 5.41) is 0. The monoisotopic (exact) mass is 210 g/mol. The Labute approximate surface area is 92.4 Å². The van der Waals surface area contributed by atoms with Crippen LogP contribution in [0.1, 0.15) is 48.5 Å². The van der Waals surface area contributed by atoms with Gasteiger partial charge in [-0.1, -0.05) is 41.5 Å². The van der Waals surface area contributed by atoms with Crippen molar-refractivity contribution >= 4 is 11.6 Å². The van der Waals surface area contributed by atoms with E-state index in [0.29, 0.717) is 0 Å². The second-order valence-electron chi connectivity index (χ2n) is 6.33. The molecule has 0 spiro atoms. The van der Waals surface area contributed by atoms with Gasteiger partial charge in [-0.25, -0.2) is 0 Å². The van der Waals surface area contributed by atoms with Gasteiger partial charge in [-0.3, -0.25) is 9.59 Å². The highest BCUT2D eigenvalue weighted by Gasteiger charge is 2.61. The van der Waals surface area contributed by atoms with E-state index in [1.54, 1.807) is 6.92 Å². The zero-order valence-corrected chi connectivity index (χ0v) is 10.9. The normalized spacial score (nSPS) is 29.3. The minimum atomic E-state index is -0.456. The van der Waals surface area contributed by atoms with Crippen LogP contribution < -0.4 is 0 Å². The zero-order chi connectivity index (χ0) is 12.2. The Hall–Kier alpha value is -0.660. The zero-order valence-electron chi connectivity index (χ0n) is 10.9. The Balaban J connectivity index is 3.40. The fraction of sp³-hybridized carbons (Fsp3) is 0.846. The Kier molecular flexibility index (Phi) is 2.42. The average molecular weight is 210 g/mol. The summed E-state index contributed by atoms with van der Waals surface area (Å²) in [6.07, 6.45) is 0. The first kappa shape index (κ1) is 12.4. The van der Waals surface area contributed by atoms with Crippen LogP contribution in [0.15, 0.2) is 0 Å². The molecule has 0 amide bonds. The van der Waals surface area contributed by atoms with Crippen LogP contribution in [0.4, 0.5) is 0 Å². The third-order valence-corrected chi connectivity index (χ3v) is 5.14. The average Bonchev–Trinajstić information content (AvgIpc) is 2.12. The largest absolute Gasteiger partial charge is 0.298 e. The van der Waals surface area contributed by atoms with Crippen molar-refractivity contribution in [2.75, 3.05) is 0 Å². The van der Waals surface area contributed by atoms with Crippen LogP contribution in [0.2, 0.25) is 0 Å². The quantitative estimate of drug-likeness (QED) is 0.576. The van der Waals surface area contributed by atoms with Crippen LogP contribution in [0, 0.1) is 22.2 Å². The Morgan fingerprint density at radius 2 is 1.07 bits per heavy atom. The van der Waals surface area contributed by atoms with Crippen molar-refractivity contribution in [1.82, 2.24) is 0 Å². The lowest BCUT2D eigenvalue weighted by molar-refractivity contribution is -0.167. The Morgan fingerprint density at radius 1 is 0.800 bits per heavy atom. The molecule has 0 atom stereocenters. The molecule has 0 aromatic rings. The molecular formula is C13H22O2. The summed E-state index contributed by atoms with van der Waals surface area (Å²) in [6, 6.07) is 0. The van der Waals surface area contributed by atoms with Gasteiger partial charge in [-0.2, -0.15) is 0 Å². The number of hydrogen-bond acceptors (Lipinski definition) is 2. The van der Waals surface area contributed by atoms with E-state index in [0.717, 1.165) is 0 Å². The van der Waals surface area contributed by atoms with Crippen molar-refractivity contribution in [1.29, 1.82) is 0 Å². The van der Waals surface area contributed by atoms with E-state index in [1.807, 2.05) is 41.5 Å². The maximum atomic E-state index is 12.1. The first-order chi connectivity index (χ1) is 6.48. The van der Waals surface area contributed by atoms with Crippen molar-refractivity contribution in [3.8, 4) is 0 Å². The highest BCUT2D eigenvalue weighted by Crippen LogP contribution is 2.57. The highest BCUT2D eigenvalue weighted by atomic mass is 16.2. The van der Waals surface area contributed by atoms with Gasteiger partial charge in [0.15, 0.2) is 0 Å². The first-order valence-electron chi connectivity index (χ1n) is 5.56. The van der Waals surface area contributed by atoms with Crippen LogP contribution in [-0.4, -0.2) is 11.6 Å². The molecule has 1 aliphatic rings. The first-order valence-corrected chi connectivity index (χ1v) is 5.56. The Bertz CT molecular complexity index is 291. The number of rotatable bonds is 0. The van der Waals surface area contributed by atoms with Gasteiger partial charge in [-0.05, 0) is 12.3 Å². The van der Waals surface area contributed by atoms with Crippen LogP contribution in [0.5, 0.6) is 0 Å². The lowest BCUT2D eigenvalue weighted by atomic mass is 9.46. The highest BCUT2D eigenvalue weighted by molar-refractivity contribution is 6.09. The second kappa shape index (κ2) is 2.93. The van der Waals surface area contributed by atoms with E-state index in [2.05, 4.69) is 0 Å². The van der Waals surface area contributed by atoms with Crippen LogP contribution in [0.25, 0.3) is 0 Å². The minimum Gasteiger partial charge on any atom is -0.298 e. The van der Waals surface area contributed by atoms with E-state index < -0.39 is 16.7 Å². The van der Waals surface area contributed by atoms with Crippen molar-refractivity contribution in [3.63, 3.8) is 0 Å². The third kappa shape index (κ3) is 1.23. The van der Waals surface area contributed by atoms with Gasteiger partial charge in [0.25, 0.3) is 0 Å². The molecule has 15 heavy (non-hydrogen) atoms. The van der Waals surface area contributed by atoms with Gasteiger partial charge in [0.05, 0.1) is 5.92 Å². The third-order valence-electron chi connectivity index (χ3n) is 5.14. The van der Waals surface area contributed by atoms with Gasteiger partial charge in [0.1, 0.15) is 11.6 Å². The molecule has 0 N–H and O–H groups in total. The molecule has 1 aliphatic carbocycles. The summed E-state index contributed by atoms with van der Waals surface area (Å²) in [4.78, 5) is 24.3. The van der Waals surface area contributed by atoms with E-state index in [-0.39, 0.29) is 17.0 Å². The van der Waals surface area contributed by atoms with Crippen molar-refractivity contribution in [2.45, 2.75) is 48.5 Å². The smallest absolute Gasteiger partial charge is 0.149 e. The van der Waals surface area contributed by atoms with E-state index in [4.69, 9.17) is 0 Å². The molecule has 0 aliphatic heterocycles.